The summed E-state index contributed by atoms with van der Waals surface area (Å²) in [6.45, 7) is 5.42. The topological polar surface area (TPSA) is 135 Å². The third-order valence-corrected chi connectivity index (χ3v) is 7.12. The Kier molecular flexibility index (Phi) is 9.07. The summed E-state index contributed by atoms with van der Waals surface area (Å²) in [6.07, 6.45) is 2.59. The van der Waals surface area contributed by atoms with E-state index in [1.807, 2.05) is 13.8 Å². The lowest BCUT2D eigenvalue weighted by atomic mass is 9.92. The van der Waals surface area contributed by atoms with Gasteiger partial charge >= 0.3 is 5.97 Å². The first-order chi connectivity index (χ1) is 20.3. The van der Waals surface area contributed by atoms with Crippen LogP contribution in [0.25, 0.3) is 22.0 Å². The van der Waals surface area contributed by atoms with Crippen molar-refractivity contribution in [3.05, 3.63) is 87.5 Å². The quantitative estimate of drug-likeness (QED) is 0.254. The number of hydrogen-bond acceptors (Lipinski definition) is 5. The molecular weight excluding hydrogens is 560 g/mol. The summed E-state index contributed by atoms with van der Waals surface area (Å²) in [5, 5.41) is 19.8. The standard InChI is InChI=1S/C31H33F2N5O5/c1-16(2)11-25(35-29(41)19-7-6-10-37(4)31(19)43)30(42)34-24(14-26(39)40)20-12-18(13-22(32)28(20)33)27-17(3)8-9-23-21(27)15-38(5)36-23/h6-10,12-13,15-16,24-25H,11,14H2,1-5H3,(H,34,42)(H,35,41)(H,39,40)/t24-,25-/m0/s1. The SMILES string of the molecule is Cc1ccc2nn(C)cc2c1-c1cc(F)c(F)c([C@H](CC(=O)O)NC(=O)[C@H](CC(C)C)NC(=O)c2cccn(C)c2=O)c1. The highest BCUT2D eigenvalue weighted by atomic mass is 19.2. The lowest BCUT2D eigenvalue weighted by molar-refractivity contribution is -0.137. The first-order valence-corrected chi connectivity index (χ1v) is 13.7. The lowest BCUT2D eigenvalue weighted by Crippen LogP contribution is -2.49. The fourth-order valence-electron chi connectivity index (χ4n) is 5.11. The smallest absolute Gasteiger partial charge is 0.305 e. The molecule has 0 aliphatic heterocycles. The molecule has 2 amide bonds. The molecule has 3 N–H and O–H groups in total. The minimum absolute atomic E-state index is 0.104. The lowest BCUT2D eigenvalue weighted by Gasteiger charge is -2.25. The molecule has 4 rings (SSSR count). The van der Waals surface area contributed by atoms with E-state index in [1.165, 1.54) is 36.0 Å². The molecule has 0 spiro atoms. The third kappa shape index (κ3) is 6.79. The largest absolute Gasteiger partial charge is 0.481 e. The molecule has 0 saturated carbocycles. The van der Waals surface area contributed by atoms with Crippen LogP contribution in [0.15, 0.2) is 53.6 Å². The van der Waals surface area contributed by atoms with E-state index in [4.69, 9.17) is 0 Å². The van der Waals surface area contributed by atoms with Gasteiger partial charge in [-0.2, -0.15) is 5.10 Å². The molecule has 0 aliphatic rings. The number of pyridine rings is 1. The van der Waals surface area contributed by atoms with Gasteiger partial charge in [-0.15, -0.1) is 0 Å². The van der Waals surface area contributed by atoms with Gasteiger partial charge in [0, 0.05) is 37.4 Å². The summed E-state index contributed by atoms with van der Waals surface area (Å²) in [4.78, 5) is 50.8. The summed E-state index contributed by atoms with van der Waals surface area (Å²) in [6, 6.07) is 6.09. The maximum atomic E-state index is 15.3. The Hall–Kier alpha value is -4.87. The van der Waals surface area contributed by atoms with Crippen LogP contribution in [0.3, 0.4) is 0 Å². The van der Waals surface area contributed by atoms with E-state index >= 15 is 8.78 Å². The van der Waals surface area contributed by atoms with Gasteiger partial charge in [0.15, 0.2) is 11.6 Å². The van der Waals surface area contributed by atoms with E-state index in [0.717, 1.165) is 11.6 Å². The zero-order valence-electron chi connectivity index (χ0n) is 24.4. The predicted octanol–water partition coefficient (Wildman–Crippen LogP) is 4.00. The molecule has 4 aromatic rings. The van der Waals surface area contributed by atoms with E-state index in [1.54, 1.807) is 37.0 Å². The van der Waals surface area contributed by atoms with Crippen LogP contribution in [-0.4, -0.2) is 43.3 Å². The second-order valence-corrected chi connectivity index (χ2v) is 11.0. The fraction of sp³-hybridized carbons (Fsp3) is 0.323. The van der Waals surface area contributed by atoms with Gasteiger partial charge in [0.05, 0.1) is 18.0 Å². The summed E-state index contributed by atoms with van der Waals surface area (Å²) in [5.74, 6) is -5.59. The number of amides is 2. The number of carbonyl (C=O) groups excluding carboxylic acids is 2. The monoisotopic (exact) mass is 593 g/mol. The molecule has 0 fully saturated rings. The van der Waals surface area contributed by atoms with E-state index in [0.29, 0.717) is 16.5 Å². The number of halogens is 2. The molecule has 0 bridgehead atoms. The van der Waals surface area contributed by atoms with E-state index in [2.05, 4.69) is 15.7 Å². The number of benzene rings is 2. The van der Waals surface area contributed by atoms with Crippen LogP contribution in [0.4, 0.5) is 8.78 Å². The van der Waals surface area contributed by atoms with Crippen LogP contribution >= 0.6 is 0 Å². The first-order valence-electron chi connectivity index (χ1n) is 13.7. The van der Waals surface area contributed by atoms with Crippen molar-refractivity contribution in [2.45, 2.75) is 45.7 Å². The average molecular weight is 594 g/mol. The molecule has 2 heterocycles. The Morgan fingerprint density at radius 1 is 1.07 bits per heavy atom. The van der Waals surface area contributed by atoms with Crippen molar-refractivity contribution in [1.82, 2.24) is 25.0 Å². The van der Waals surface area contributed by atoms with Crippen LogP contribution < -0.4 is 16.2 Å². The maximum absolute atomic E-state index is 15.3. The first kappa shape index (κ1) is 31.1. The van der Waals surface area contributed by atoms with Gasteiger partial charge in [0.2, 0.25) is 5.91 Å². The minimum Gasteiger partial charge on any atom is -0.481 e. The number of carbonyl (C=O) groups is 3. The molecule has 0 unspecified atom stereocenters. The van der Waals surface area contributed by atoms with E-state index in [9.17, 15) is 24.3 Å². The fourth-order valence-corrected chi connectivity index (χ4v) is 5.11. The zero-order chi connectivity index (χ0) is 31.6. The average Bonchev–Trinajstić information content (AvgIpc) is 3.30. The highest BCUT2D eigenvalue weighted by Crippen LogP contribution is 2.35. The molecule has 0 saturated heterocycles. The number of carboxylic acids is 1. The molecule has 2 aromatic carbocycles. The number of aliphatic carboxylic acids is 1. The Morgan fingerprint density at radius 2 is 1.79 bits per heavy atom. The Morgan fingerprint density at radius 3 is 2.47 bits per heavy atom. The summed E-state index contributed by atoms with van der Waals surface area (Å²) >= 11 is 0. The van der Waals surface area contributed by atoms with Gasteiger partial charge < -0.3 is 20.3 Å². The van der Waals surface area contributed by atoms with Crippen molar-refractivity contribution >= 4 is 28.7 Å². The molecule has 10 nitrogen and oxygen atoms in total. The number of rotatable bonds is 10. The van der Waals surface area contributed by atoms with Crippen molar-refractivity contribution in [2.24, 2.45) is 20.0 Å². The Labute approximate surface area is 246 Å². The van der Waals surface area contributed by atoms with Crippen LogP contribution in [0, 0.1) is 24.5 Å². The summed E-state index contributed by atoms with van der Waals surface area (Å²) < 4.78 is 33.3. The van der Waals surface area contributed by atoms with Gasteiger partial charge in [0.25, 0.3) is 11.5 Å². The minimum atomic E-state index is -1.48. The number of nitrogens with one attached hydrogen (secondary N) is 2. The number of fused-ring (bicyclic) bond motifs is 1. The van der Waals surface area contributed by atoms with Crippen molar-refractivity contribution in [3.8, 4) is 11.1 Å². The molecule has 0 radical (unpaired) electrons. The van der Waals surface area contributed by atoms with Gasteiger partial charge in [0.1, 0.15) is 11.6 Å². The Bertz CT molecular complexity index is 1780. The van der Waals surface area contributed by atoms with Crippen LogP contribution in [0.1, 0.15) is 54.2 Å². The molecule has 0 aliphatic carbocycles. The normalized spacial score (nSPS) is 12.7. The molecule has 226 valence electrons. The van der Waals surface area contributed by atoms with Crippen molar-refractivity contribution in [2.75, 3.05) is 0 Å². The van der Waals surface area contributed by atoms with Crippen molar-refractivity contribution in [3.63, 3.8) is 0 Å². The number of hydrogen-bond donors (Lipinski definition) is 3. The number of nitrogens with zero attached hydrogens (tertiary/aromatic N) is 3. The third-order valence-electron chi connectivity index (χ3n) is 7.12. The summed E-state index contributed by atoms with van der Waals surface area (Å²) in [5.41, 5.74) is 1.13. The molecular formula is C31H33F2N5O5. The molecule has 2 atom stereocenters. The number of aromatic nitrogens is 3. The van der Waals surface area contributed by atoms with Crippen molar-refractivity contribution in [1.29, 1.82) is 0 Å². The number of aryl methyl sites for hydroxylation is 3. The summed E-state index contributed by atoms with van der Waals surface area (Å²) in [7, 11) is 3.21. The van der Waals surface area contributed by atoms with Gasteiger partial charge in [-0.25, -0.2) is 8.78 Å². The molecule has 2 aromatic heterocycles. The predicted molar refractivity (Wildman–Crippen MR) is 156 cm³/mol. The second-order valence-electron chi connectivity index (χ2n) is 11.0. The van der Waals surface area contributed by atoms with Crippen LogP contribution in [-0.2, 0) is 23.7 Å². The second kappa shape index (κ2) is 12.6. The molecule has 43 heavy (non-hydrogen) atoms. The molecule has 12 heteroatoms. The highest BCUT2D eigenvalue weighted by molar-refractivity contribution is 5.98. The van der Waals surface area contributed by atoms with Gasteiger partial charge in [-0.05, 0) is 66.3 Å². The highest BCUT2D eigenvalue weighted by Gasteiger charge is 2.30. The van der Waals surface area contributed by atoms with Gasteiger partial charge in [-0.3, -0.25) is 23.9 Å². The zero-order valence-corrected chi connectivity index (χ0v) is 24.4. The van der Waals surface area contributed by atoms with Crippen LogP contribution in [0.5, 0.6) is 0 Å². The van der Waals surface area contributed by atoms with Crippen molar-refractivity contribution < 1.29 is 28.3 Å². The van der Waals surface area contributed by atoms with E-state index in [-0.39, 0.29) is 29.0 Å². The van der Waals surface area contributed by atoms with Crippen LogP contribution in [0.2, 0.25) is 0 Å². The number of carboxylic acid groups (broad SMARTS) is 1. The maximum Gasteiger partial charge on any atom is 0.305 e. The van der Waals surface area contributed by atoms with E-state index < -0.39 is 53.5 Å². The Balaban J connectivity index is 1.73. The van der Waals surface area contributed by atoms with Gasteiger partial charge in [-0.1, -0.05) is 19.9 Å².